The molecule has 0 bridgehead atoms. The van der Waals surface area contributed by atoms with E-state index < -0.39 is 0 Å². The molecule has 0 aromatic carbocycles. The van der Waals surface area contributed by atoms with Crippen LogP contribution in [-0.4, -0.2) is 13.1 Å². The molecule has 1 nitrogen and oxygen atoms in total. The molecular weight excluding hydrogens is 146 g/mol. The molecule has 1 spiro atoms. The fourth-order valence-corrected chi connectivity index (χ4v) is 3.24. The highest BCUT2D eigenvalue weighted by Gasteiger charge is 2.47. The van der Waals surface area contributed by atoms with Crippen LogP contribution >= 0.6 is 0 Å². The average molecular weight is 167 g/mol. The minimum absolute atomic E-state index is 0.800. The van der Waals surface area contributed by atoms with Gasteiger partial charge in [0, 0.05) is 6.04 Å². The second-order valence-corrected chi connectivity index (χ2v) is 4.91. The van der Waals surface area contributed by atoms with Crippen molar-refractivity contribution in [2.75, 3.05) is 7.05 Å². The Bertz CT molecular complexity index is 158. The van der Waals surface area contributed by atoms with Gasteiger partial charge in [-0.15, -0.1) is 0 Å². The van der Waals surface area contributed by atoms with Crippen molar-refractivity contribution in [3.63, 3.8) is 0 Å². The van der Waals surface area contributed by atoms with E-state index in [0.717, 1.165) is 17.4 Å². The Morgan fingerprint density at radius 1 is 1.33 bits per heavy atom. The molecule has 0 radical (unpaired) electrons. The van der Waals surface area contributed by atoms with Crippen molar-refractivity contribution in [3.05, 3.63) is 0 Å². The molecule has 1 atom stereocenters. The highest BCUT2D eigenvalue weighted by molar-refractivity contribution is 5.01. The fourth-order valence-electron chi connectivity index (χ4n) is 3.24. The molecular formula is C11H21N. The first kappa shape index (κ1) is 8.55. The zero-order valence-corrected chi connectivity index (χ0v) is 8.40. The van der Waals surface area contributed by atoms with Gasteiger partial charge in [0.2, 0.25) is 0 Å². The number of hydrogen-bond donors (Lipinski definition) is 1. The Hall–Kier alpha value is -0.0400. The summed E-state index contributed by atoms with van der Waals surface area (Å²) in [6.07, 6.45) is 8.88. The molecule has 0 heterocycles. The fraction of sp³-hybridized carbons (Fsp3) is 1.00. The van der Waals surface area contributed by atoms with Gasteiger partial charge in [0.15, 0.2) is 0 Å². The molecule has 0 aromatic rings. The molecule has 2 rings (SSSR count). The summed E-state index contributed by atoms with van der Waals surface area (Å²) in [7, 11) is 2.10. The zero-order chi connectivity index (χ0) is 8.60. The lowest BCUT2D eigenvalue weighted by molar-refractivity contribution is 0.0893. The van der Waals surface area contributed by atoms with E-state index in [2.05, 4.69) is 19.3 Å². The predicted molar refractivity (Wildman–Crippen MR) is 52.1 cm³/mol. The molecule has 2 saturated carbocycles. The summed E-state index contributed by atoms with van der Waals surface area (Å²) in [4.78, 5) is 0. The smallest absolute Gasteiger partial charge is 0.00746 e. The molecule has 1 unspecified atom stereocenters. The van der Waals surface area contributed by atoms with Gasteiger partial charge < -0.3 is 5.32 Å². The van der Waals surface area contributed by atoms with Crippen LogP contribution in [0.3, 0.4) is 0 Å². The summed E-state index contributed by atoms with van der Waals surface area (Å²) in [6.45, 7) is 2.35. The van der Waals surface area contributed by atoms with Crippen molar-refractivity contribution >= 4 is 0 Å². The van der Waals surface area contributed by atoms with Gasteiger partial charge in [-0.1, -0.05) is 13.3 Å². The van der Waals surface area contributed by atoms with Crippen LogP contribution in [0.25, 0.3) is 0 Å². The normalized spacial score (nSPS) is 46.5. The van der Waals surface area contributed by atoms with Crippen LogP contribution in [0.1, 0.15) is 45.4 Å². The van der Waals surface area contributed by atoms with Crippen molar-refractivity contribution in [3.8, 4) is 0 Å². The van der Waals surface area contributed by atoms with Crippen LogP contribution in [-0.2, 0) is 0 Å². The molecule has 2 aliphatic carbocycles. The highest BCUT2D eigenvalue weighted by atomic mass is 14.9. The SMILES string of the molecule is CCC1CCC2(C1)CC(NC)C2. The third-order valence-electron chi connectivity index (χ3n) is 4.15. The van der Waals surface area contributed by atoms with Gasteiger partial charge in [0.25, 0.3) is 0 Å². The number of rotatable bonds is 2. The minimum atomic E-state index is 0.800. The maximum Gasteiger partial charge on any atom is 0.00746 e. The number of hydrogen-bond acceptors (Lipinski definition) is 1. The van der Waals surface area contributed by atoms with Gasteiger partial charge in [0.05, 0.1) is 0 Å². The molecule has 0 saturated heterocycles. The van der Waals surface area contributed by atoms with E-state index in [0.29, 0.717) is 0 Å². The van der Waals surface area contributed by atoms with E-state index in [4.69, 9.17) is 0 Å². The molecule has 0 amide bonds. The molecule has 0 aliphatic heterocycles. The summed E-state index contributed by atoms with van der Waals surface area (Å²) >= 11 is 0. The van der Waals surface area contributed by atoms with Gasteiger partial charge in [-0.05, 0) is 50.5 Å². The molecule has 2 aliphatic rings. The van der Waals surface area contributed by atoms with Gasteiger partial charge in [-0.25, -0.2) is 0 Å². The van der Waals surface area contributed by atoms with Crippen molar-refractivity contribution in [1.29, 1.82) is 0 Å². The van der Waals surface area contributed by atoms with Gasteiger partial charge in [-0.2, -0.15) is 0 Å². The van der Waals surface area contributed by atoms with Crippen LogP contribution in [0.15, 0.2) is 0 Å². The van der Waals surface area contributed by atoms with E-state index in [-0.39, 0.29) is 0 Å². The van der Waals surface area contributed by atoms with Gasteiger partial charge in [-0.3, -0.25) is 0 Å². The van der Waals surface area contributed by atoms with Crippen molar-refractivity contribution in [2.45, 2.75) is 51.5 Å². The van der Waals surface area contributed by atoms with Crippen molar-refractivity contribution in [2.24, 2.45) is 11.3 Å². The zero-order valence-electron chi connectivity index (χ0n) is 8.40. The van der Waals surface area contributed by atoms with Crippen LogP contribution in [0.2, 0.25) is 0 Å². The lowest BCUT2D eigenvalue weighted by Gasteiger charge is -2.45. The Morgan fingerprint density at radius 3 is 2.58 bits per heavy atom. The first-order valence-corrected chi connectivity index (χ1v) is 5.45. The third kappa shape index (κ3) is 1.28. The predicted octanol–water partition coefficient (Wildman–Crippen LogP) is 2.56. The Labute approximate surface area is 75.9 Å². The lowest BCUT2D eigenvalue weighted by atomic mass is 9.64. The van der Waals surface area contributed by atoms with Crippen LogP contribution in [0, 0.1) is 11.3 Å². The first-order valence-electron chi connectivity index (χ1n) is 5.45. The topological polar surface area (TPSA) is 12.0 Å². The standard InChI is InChI=1S/C11H21N/c1-3-9-4-5-11(6-9)7-10(8-11)12-2/h9-10,12H,3-8H2,1-2H3. The second-order valence-electron chi connectivity index (χ2n) is 4.91. The summed E-state index contributed by atoms with van der Waals surface area (Å²) in [5.74, 6) is 1.06. The summed E-state index contributed by atoms with van der Waals surface area (Å²) < 4.78 is 0. The molecule has 1 N–H and O–H groups in total. The summed E-state index contributed by atoms with van der Waals surface area (Å²) in [5.41, 5.74) is 0.800. The third-order valence-corrected chi connectivity index (χ3v) is 4.15. The average Bonchev–Trinajstić information content (AvgIpc) is 2.45. The largest absolute Gasteiger partial charge is 0.317 e. The summed E-state index contributed by atoms with van der Waals surface area (Å²) in [6, 6.07) is 0.848. The van der Waals surface area contributed by atoms with Crippen molar-refractivity contribution < 1.29 is 0 Å². The summed E-state index contributed by atoms with van der Waals surface area (Å²) in [5, 5.41) is 3.39. The van der Waals surface area contributed by atoms with Crippen LogP contribution in [0.4, 0.5) is 0 Å². The maximum absolute atomic E-state index is 3.39. The van der Waals surface area contributed by atoms with E-state index in [1.807, 2.05) is 0 Å². The molecule has 1 heteroatoms. The van der Waals surface area contributed by atoms with Crippen LogP contribution < -0.4 is 5.32 Å². The Balaban J connectivity index is 1.84. The van der Waals surface area contributed by atoms with E-state index in [1.165, 1.54) is 38.5 Å². The molecule has 2 fully saturated rings. The first-order chi connectivity index (χ1) is 5.78. The van der Waals surface area contributed by atoms with E-state index in [1.54, 1.807) is 0 Å². The van der Waals surface area contributed by atoms with Crippen molar-refractivity contribution in [1.82, 2.24) is 5.32 Å². The molecule has 70 valence electrons. The maximum atomic E-state index is 3.39. The Kier molecular flexibility index (Phi) is 2.16. The van der Waals surface area contributed by atoms with E-state index >= 15 is 0 Å². The quantitative estimate of drug-likeness (QED) is 0.666. The van der Waals surface area contributed by atoms with E-state index in [9.17, 15) is 0 Å². The van der Waals surface area contributed by atoms with Gasteiger partial charge in [0.1, 0.15) is 0 Å². The molecule has 0 aromatic heterocycles. The minimum Gasteiger partial charge on any atom is -0.317 e. The Morgan fingerprint density at radius 2 is 2.08 bits per heavy atom. The van der Waals surface area contributed by atoms with Gasteiger partial charge >= 0.3 is 0 Å². The highest BCUT2D eigenvalue weighted by Crippen LogP contribution is 2.55. The number of nitrogens with one attached hydrogen (secondary N) is 1. The molecule has 12 heavy (non-hydrogen) atoms. The second kappa shape index (κ2) is 3.02. The van der Waals surface area contributed by atoms with Crippen LogP contribution in [0.5, 0.6) is 0 Å². The monoisotopic (exact) mass is 167 g/mol. The lowest BCUT2D eigenvalue weighted by Crippen LogP contribution is -2.46.